The third-order valence-electron chi connectivity index (χ3n) is 5.53. The van der Waals surface area contributed by atoms with E-state index in [4.69, 9.17) is 14.5 Å². The quantitative estimate of drug-likeness (QED) is 0.196. The van der Waals surface area contributed by atoms with Gasteiger partial charge in [0.1, 0.15) is 0 Å². The monoisotopic (exact) mass is 562 g/mol. The Kier molecular flexibility index (Phi) is 13.7. The largest absolute Gasteiger partial charge is 0.381 e. The van der Waals surface area contributed by atoms with Crippen LogP contribution in [-0.2, 0) is 16.0 Å². The number of rotatable bonds is 10. The van der Waals surface area contributed by atoms with E-state index in [0.29, 0.717) is 12.5 Å². The highest BCUT2D eigenvalue weighted by molar-refractivity contribution is 14.0. The summed E-state index contributed by atoms with van der Waals surface area (Å²) in [5, 5.41) is 6.75. The van der Waals surface area contributed by atoms with Crippen molar-refractivity contribution in [3.05, 3.63) is 29.8 Å². The molecule has 2 saturated heterocycles. The number of ether oxygens (including phenoxy) is 2. The van der Waals surface area contributed by atoms with Crippen molar-refractivity contribution in [2.24, 2.45) is 10.9 Å². The van der Waals surface area contributed by atoms with E-state index in [2.05, 4.69) is 46.7 Å². The molecule has 31 heavy (non-hydrogen) atoms. The molecule has 6 nitrogen and oxygen atoms in total. The molecule has 2 heterocycles. The number of hydrogen-bond acceptors (Lipinski definition) is 5. The van der Waals surface area contributed by atoms with Gasteiger partial charge in [-0.05, 0) is 49.8 Å². The predicted molar refractivity (Wildman–Crippen MR) is 143 cm³/mol. The van der Waals surface area contributed by atoms with Gasteiger partial charge in [0, 0.05) is 69.8 Å². The summed E-state index contributed by atoms with van der Waals surface area (Å²) < 4.78 is 11.2. The Balaban J connectivity index is 0.00000341. The average molecular weight is 563 g/mol. The van der Waals surface area contributed by atoms with Gasteiger partial charge in [-0.2, -0.15) is 11.8 Å². The maximum absolute atomic E-state index is 5.84. The molecule has 8 heteroatoms. The summed E-state index contributed by atoms with van der Waals surface area (Å²) in [4.78, 5) is 7.21. The molecule has 0 bridgehead atoms. The predicted octanol–water partition coefficient (Wildman–Crippen LogP) is 3.75. The zero-order valence-electron chi connectivity index (χ0n) is 18.8. The van der Waals surface area contributed by atoms with Gasteiger partial charge in [-0.3, -0.25) is 0 Å². The Labute approximate surface area is 209 Å². The fourth-order valence-electron chi connectivity index (χ4n) is 3.69. The van der Waals surface area contributed by atoms with E-state index in [1.54, 1.807) is 0 Å². The molecule has 0 saturated carbocycles. The number of benzene rings is 1. The Morgan fingerprint density at radius 1 is 1.16 bits per heavy atom. The van der Waals surface area contributed by atoms with Gasteiger partial charge in [-0.1, -0.05) is 12.1 Å². The SMILES string of the molecule is CCNC(=NCc1ccc(N2CCSCC2)cc1)NCCCOCC1CCOCC1.I. The zero-order valence-corrected chi connectivity index (χ0v) is 22.0. The van der Waals surface area contributed by atoms with Gasteiger partial charge in [0.25, 0.3) is 0 Å². The van der Waals surface area contributed by atoms with Crippen LogP contribution in [0.2, 0.25) is 0 Å². The van der Waals surface area contributed by atoms with Crippen molar-refractivity contribution >= 4 is 47.4 Å². The second-order valence-corrected chi connectivity index (χ2v) is 9.10. The Morgan fingerprint density at radius 3 is 2.61 bits per heavy atom. The average Bonchev–Trinajstić information content (AvgIpc) is 2.81. The molecule has 0 aromatic heterocycles. The van der Waals surface area contributed by atoms with Crippen LogP contribution in [0.5, 0.6) is 0 Å². The molecule has 0 radical (unpaired) electrons. The van der Waals surface area contributed by atoms with E-state index in [9.17, 15) is 0 Å². The Bertz CT molecular complexity index is 621. The fraction of sp³-hybridized carbons (Fsp3) is 0.696. The molecule has 0 amide bonds. The summed E-state index contributed by atoms with van der Waals surface area (Å²) >= 11 is 2.04. The van der Waals surface area contributed by atoms with Crippen LogP contribution in [0, 0.1) is 5.92 Å². The molecule has 176 valence electrons. The summed E-state index contributed by atoms with van der Waals surface area (Å²) in [6, 6.07) is 8.87. The van der Waals surface area contributed by atoms with Crippen LogP contribution in [0.4, 0.5) is 5.69 Å². The van der Waals surface area contributed by atoms with Crippen LogP contribution in [-0.4, -0.2) is 70.1 Å². The van der Waals surface area contributed by atoms with Crippen LogP contribution >= 0.6 is 35.7 Å². The van der Waals surface area contributed by atoms with Gasteiger partial charge in [-0.15, -0.1) is 24.0 Å². The molecule has 3 rings (SSSR count). The number of hydrogen-bond donors (Lipinski definition) is 2. The van der Waals surface area contributed by atoms with E-state index in [0.717, 1.165) is 77.8 Å². The molecule has 2 aliphatic heterocycles. The van der Waals surface area contributed by atoms with Crippen LogP contribution < -0.4 is 15.5 Å². The first-order chi connectivity index (χ1) is 14.8. The van der Waals surface area contributed by atoms with Gasteiger partial charge < -0.3 is 25.0 Å². The molecule has 2 fully saturated rings. The minimum Gasteiger partial charge on any atom is -0.381 e. The van der Waals surface area contributed by atoms with Gasteiger partial charge >= 0.3 is 0 Å². The van der Waals surface area contributed by atoms with Crippen molar-refractivity contribution in [1.29, 1.82) is 0 Å². The summed E-state index contributed by atoms with van der Waals surface area (Å²) in [7, 11) is 0. The zero-order chi connectivity index (χ0) is 20.9. The lowest BCUT2D eigenvalue weighted by atomic mass is 10.0. The summed E-state index contributed by atoms with van der Waals surface area (Å²) in [5.74, 6) is 4.00. The smallest absolute Gasteiger partial charge is 0.191 e. The first kappa shape index (κ1) is 26.5. The highest BCUT2D eigenvalue weighted by Crippen LogP contribution is 2.20. The lowest BCUT2D eigenvalue weighted by Crippen LogP contribution is -2.38. The number of halogens is 1. The lowest BCUT2D eigenvalue weighted by Gasteiger charge is -2.28. The molecular weight excluding hydrogens is 523 g/mol. The summed E-state index contributed by atoms with van der Waals surface area (Å²) in [6.45, 7) is 10.2. The van der Waals surface area contributed by atoms with Gasteiger partial charge in [-0.25, -0.2) is 4.99 Å². The third kappa shape index (κ3) is 10.2. The van der Waals surface area contributed by atoms with Crippen LogP contribution in [0.15, 0.2) is 29.3 Å². The minimum atomic E-state index is 0. The maximum atomic E-state index is 5.84. The minimum absolute atomic E-state index is 0. The van der Waals surface area contributed by atoms with Crippen LogP contribution in [0.3, 0.4) is 0 Å². The topological polar surface area (TPSA) is 58.1 Å². The summed E-state index contributed by atoms with van der Waals surface area (Å²) in [5.41, 5.74) is 2.57. The molecule has 0 unspecified atom stereocenters. The molecule has 2 N–H and O–H groups in total. The number of anilines is 1. The van der Waals surface area contributed by atoms with Gasteiger partial charge in [0.2, 0.25) is 0 Å². The van der Waals surface area contributed by atoms with Crippen LogP contribution in [0.1, 0.15) is 31.7 Å². The number of guanidine groups is 1. The van der Waals surface area contributed by atoms with Crippen molar-refractivity contribution in [1.82, 2.24) is 10.6 Å². The van der Waals surface area contributed by atoms with Crippen LogP contribution in [0.25, 0.3) is 0 Å². The highest BCUT2D eigenvalue weighted by atomic mass is 127. The van der Waals surface area contributed by atoms with Crippen molar-refractivity contribution in [3.8, 4) is 0 Å². The molecule has 2 aliphatic rings. The molecule has 0 spiro atoms. The third-order valence-corrected chi connectivity index (χ3v) is 6.47. The lowest BCUT2D eigenvalue weighted by molar-refractivity contribution is 0.0203. The first-order valence-electron chi connectivity index (χ1n) is 11.4. The number of aliphatic imine (C=N–C) groups is 1. The summed E-state index contributed by atoms with van der Waals surface area (Å²) in [6.07, 6.45) is 3.25. The van der Waals surface area contributed by atoms with Crippen molar-refractivity contribution in [2.45, 2.75) is 32.7 Å². The molecule has 0 atom stereocenters. The maximum Gasteiger partial charge on any atom is 0.191 e. The van der Waals surface area contributed by atoms with E-state index >= 15 is 0 Å². The first-order valence-corrected chi connectivity index (χ1v) is 12.6. The second-order valence-electron chi connectivity index (χ2n) is 7.87. The number of nitrogens with zero attached hydrogens (tertiary/aromatic N) is 2. The second kappa shape index (κ2) is 16.0. The molecule has 1 aromatic rings. The number of thioether (sulfide) groups is 1. The number of nitrogens with one attached hydrogen (secondary N) is 2. The normalized spacial score (nSPS) is 17.8. The Hall–Kier alpha value is -0.710. The van der Waals surface area contributed by atoms with Gasteiger partial charge in [0.05, 0.1) is 6.54 Å². The standard InChI is InChI=1S/C23H38N4O2S.HI/c1-2-24-23(25-10-3-13-29-19-21-8-14-28-15-9-21)26-18-20-4-6-22(7-5-20)27-11-16-30-17-12-27;/h4-7,21H,2-3,8-19H2,1H3,(H2,24,25,26);1H. The van der Waals surface area contributed by atoms with E-state index in [-0.39, 0.29) is 24.0 Å². The van der Waals surface area contributed by atoms with Gasteiger partial charge in [0.15, 0.2) is 5.96 Å². The molecular formula is C23H39IN4O2S. The Morgan fingerprint density at radius 2 is 1.90 bits per heavy atom. The van der Waals surface area contributed by atoms with Crippen molar-refractivity contribution in [2.75, 3.05) is 69.0 Å². The fourth-order valence-corrected chi connectivity index (χ4v) is 4.59. The van der Waals surface area contributed by atoms with E-state index in [1.165, 1.54) is 22.8 Å². The highest BCUT2D eigenvalue weighted by Gasteiger charge is 2.13. The molecule has 1 aromatic carbocycles. The van der Waals surface area contributed by atoms with Crippen molar-refractivity contribution < 1.29 is 9.47 Å². The molecule has 0 aliphatic carbocycles. The van der Waals surface area contributed by atoms with Crippen molar-refractivity contribution in [3.63, 3.8) is 0 Å². The van der Waals surface area contributed by atoms with E-state index in [1.807, 2.05) is 11.8 Å². The van der Waals surface area contributed by atoms with E-state index < -0.39 is 0 Å².